The number of nitrogens with zero attached hydrogens (tertiary/aromatic N) is 1. The summed E-state index contributed by atoms with van der Waals surface area (Å²) in [4.78, 5) is 13.4. The summed E-state index contributed by atoms with van der Waals surface area (Å²) in [6.07, 6.45) is 0. The van der Waals surface area contributed by atoms with Crippen molar-refractivity contribution in [2.45, 2.75) is 6.04 Å². The van der Waals surface area contributed by atoms with Crippen LogP contribution in [0.15, 0.2) is 54.6 Å². The average molecular weight is 310 g/mol. The fourth-order valence-electron chi connectivity index (χ4n) is 2.94. The Balaban J connectivity index is 1.71. The number of para-hydroxylation sites is 1. The van der Waals surface area contributed by atoms with Crippen molar-refractivity contribution in [1.82, 2.24) is 10.2 Å². The molecule has 120 valence electrons. The molecule has 0 saturated carbocycles. The highest BCUT2D eigenvalue weighted by Crippen LogP contribution is 2.24. The first-order chi connectivity index (χ1) is 11.2. The molecule has 0 aromatic heterocycles. The summed E-state index contributed by atoms with van der Waals surface area (Å²) in [5, 5.41) is 6.76. The lowest BCUT2D eigenvalue weighted by Crippen LogP contribution is -2.48. The number of rotatable bonds is 5. The zero-order valence-corrected chi connectivity index (χ0v) is 13.0. The Labute approximate surface area is 136 Å². The van der Waals surface area contributed by atoms with Crippen molar-refractivity contribution in [1.29, 1.82) is 0 Å². The highest BCUT2D eigenvalue weighted by Gasteiger charge is 2.24. The lowest BCUT2D eigenvalue weighted by molar-refractivity contribution is -0.119. The van der Waals surface area contributed by atoms with Crippen LogP contribution in [0.5, 0.6) is 0 Å². The van der Waals surface area contributed by atoms with E-state index in [1.165, 1.54) is 5.56 Å². The molecule has 1 saturated heterocycles. The van der Waals surface area contributed by atoms with E-state index in [-0.39, 0.29) is 11.9 Å². The van der Waals surface area contributed by atoms with Gasteiger partial charge in [-0.25, -0.2) is 0 Å². The lowest BCUT2D eigenvalue weighted by Gasteiger charge is -2.35. The Hall–Kier alpha value is -2.37. The Kier molecular flexibility index (Phi) is 4.90. The third kappa shape index (κ3) is 4.09. The minimum atomic E-state index is -0.278. The zero-order chi connectivity index (χ0) is 16.1. The van der Waals surface area contributed by atoms with Crippen LogP contribution in [0, 0.1) is 0 Å². The molecule has 1 aliphatic heterocycles. The predicted molar refractivity (Wildman–Crippen MR) is 92.5 cm³/mol. The summed E-state index contributed by atoms with van der Waals surface area (Å²) in [5.74, 6) is -0.278. The lowest BCUT2D eigenvalue weighted by atomic mass is 10.0. The zero-order valence-electron chi connectivity index (χ0n) is 13.0. The molecule has 1 unspecified atom stereocenters. The van der Waals surface area contributed by atoms with Gasteiger partial charge in [0.2, 0.25) is 5.91 Å². The molecular formula is C18H22N4O. The quantitative estimate of drug-likeness (QED) is 0.788. The number of primary amides is 1. The van der Waals surface area contributed by atoms with Gasteiger partial charge in [0.25, 0.3) is 0 Å². The number of nitrogens with two attached hydrogens (primary N) is 1. The van der Waals surface area contributed by atoms with Crippen LogP contribution in [0.25, 0.3) is 0 Å². The topological polar surface area (TPSA) is 70.4 Å². The van der Waals surface area contributed by atoms with Crippen LogP contribution < -0.4 is 16.4 Å². The molecule has 23 heavy (non-hydrogen) atoms. The van der Waals surface area contributed by atoms with E-state index in [1.807, 2.05) is 30.3 Å². The summed E-state index contributed by atoms with van der Waals surface area (Å²) in [6, 6.07) is 18.6. The second-order valence-corrected chi connectivity index (χ2v) is 5.77. The first-order valence-electron chi connectivity index (χ1n) is 7.87. The van der Waals surface area contributed by atoms with Gasteiger partial charge in [-0.15, -0.1) is 0 Å². The molecule has 0 radical (unpaired) electrons. The summed E-state index contributed by atoms with van der Waals surface area (Å²) >= 11 is 0. The number of carbonyl (C=O) groups is 1. The molecule has 2 aromatic rings. The highest BCUT2D eigenvalue weighted by molar-refractivity contribution is 5.76. The van der Waals surface area contributed by atoms with Crippen molar-refractivity contribution in [3.8, 4) is 0 Å². The summed E-state index contributed by atoms with van der Waals surface area (Å²) < 4.78 is 0. The fraction of sp³-hybridized carbons (Fsp3) is 0.278. The molecule has 1 atom stereocenters. The largest absolute Gasteiger partial charge is 0.369 e. The van der Waals surface area contributed by atoms with Crippen molar-refractivity contribution in [3.05, 3.63) is 60.2 Å². The maximum absolute atomic E-state index is 11.3. The van der Waals surface area contributed by atoms with Gasteiger partial charge in [0, 0.05) is 37.1 Å². The Morgan fingerprint density at radius 1 is 1.13 bits per heavy atom. The van der Waals surface area contributed by atoms with E-state index >= 15 is 0 Å². The second-order valence-electron chi connectivity index (χ2n) is 5.77. The molecule has 4 N–H and O–H groups in total. The Morgan fingerprint density at radius 3 is 2.52 bits per heavy atom. The maximum Gasteiger partial charge on any atom is 0.231 e. The van der Waals surface area contributed by atoms with E-state index in [1.54, 1.807) is 0 Å². The van der Waals surface area contributed by atoms with Crippen LogP contribution in [-0.4, -0.2) is 37.0 Å². The van der Waals surface area contributed by atoms with Gasteiger partial charge in [-0.1, -0.05) is 30.3 Å². The Morgan fingerprint density at radius 2 is 1.83 bits per heavy atom. The van der Waals surface area contributed by atoms with Crippen LogP contribution in [-0.2, 0) is 4.79 Å². The van der Waals surface area contributed by atoms with Crippen molar-refractivity contribution in [3.63, 3.8) is 0 Å². The van der Waals surface area contributed by atoms with E-state index in [0.29, 0.717) is 6.54 Å². The normalized spacial score (nSPS) is 18.5. The van der Waals surface area contributed by atoms with Crippen LogP contribution in [0.2, 0.25) is 0 Å². The molecule has 1 heterocycles. The van der Waals surface area contributed by atoms with Crippen molar-refractivity contribution in [2.24, 2.45) is 5.73 Å². The molecule has 5 heteroatoms. The summed E-state index contributed by atoms with van der Waals surface area (Å²) in [6.45, 7) is 2.85. The second kappa shape index (κ2) is 7.26. The third-order valence-corrected chi connectivity index (χ3v) is 4.07. The summed E-state index contributed by atoms with van der Waals surface area (Å²) in [7, 11) is 0. The van der Waals surface area contributed by atoms with E-state index in [4.69, 9.17) is 5.73 Å². The number of nitrogens with one attached hydrogen (secondary N) is 2. The van der Waals surface area contributed by atoms with Gasteiger partial charge >= 0.3 is 0 Å². The number of hydrogen-bond acceptors (Lipinski definition) is 4. The van der Waals surface area contributed by atoms with Gasteiger partial charge in [0.1, 0.15) is 0 Å². The van der Waals surface area contributed by atoms with Gasteiger partial charge in [0.15, 0.2) is 0 Å². The van der Waals surface area contributed by atoms with E-state index in [9.17, 15) is 4.79 Å². The average Bonchev–Trinajstić information content (AvgIpc) is 2.57. The van der Waals surface area contributed by atoms with Crippen LogP contribution >= 0.6 is 0 Å². The standard InChI is InChI=1S/C18H22N4O/c19-18(23)13-22-11-10-20-12-17(22)14-6-8-16(9-7-14)21-15-4-2-1-3-5-15/h1-9,17,20-21H,10-13H2,(H2,19,23). The smallest absolute Gasteiger partial charge is 0.231 e. The van der Waals surface area contributed by atoms with E-state index < -0.39 is 0 Å². The number of hydrogen-bond donors (Lipinski definition) is 3. The predicted octanol–water partition coefficient (Wildman–Crippen LogP) is 1.86. The third-order valence-electron chi connectivity index (χ3n) is 4.07. The number of anilines is 2. The van der Waals surface area contributed by atoms with E-state index in [2.05, 4.69) is 39.8 Å². The molecule has 1 aliphatic rings. The van der Waals surface area contributed by atoms with Gasteiger partial charge in [-0.05, 0) is 29.8 Å². The molecule has 1 fully saturated rings. The van der Waals surface area contributed by atoms with Crippen molar-refractivity contribution < 1.29 is 4.79 Å². The number of piperazine rings is 1. The maximum atomic E-state index is 11.3. The number of carbonyl (C=O) groups excluding carboxylic acids is 1. The van der Waals surface area contributed by atoms with Gasteiger partial charge in [0.05, 0.1) is 6.54 Å². The number of benzene rings is 2. The van der Waals surface area contributed by atoms with Crippen LogP contribution in [0.4, 0.5) is 11.4 Å². The van der Waals surface area contributed by atoms with Crippen LogP contribution in [0.3, 0.4) is 0 Å². The minimum absolute atomic E-state index is 0.182. The van der Waals surface area contributed by atoms with Gasteiger partial charge < -0.3 is 16.4 Å². The van der Waals surface area contributed by atoms with Gasteiger partial charge in [-0.2, -0.15) is 0 Å². The number of amides is 1. The Bertz CT molecular complexity index is 642. The molecule has 0 spiro atoms. The molecule has 2 aromatic carbocycles. The molecule has 0 aliphatic carbocycles. The fourth-order valence-corrected chi connectivity index (χ4v) is 2.94. The molecule has 5 nitrogen and oxygen atoms in total. The SMILES string of the molecule is NC(=O)CN1CCNCC1c1ccc(Nc2ccccc2)cc1. The molecular weight excluding hydrogens is 288 g/mol. The van der Waals surface area contributed by atoms with Crippen LogP contribution in [0.1, 0.15) is 11.6 Å². The monoisotopic (exact) mass is 310 g/mol. The highest BCUT2D eigenvalue weighted by atomic mass is 16.1. The van der Waals surface area contributed by atoms with Crippen molar-refractivity contribution >= 4 is 17.3 Å². The summed E-state index contributed by atoms with van der Waals surface area (Å²) in [5.41, 5.74) is 8.67. The molecule has 1 amide bonds. The molecule has 0 bridgehead atoms. The van der Waals surface area contributed by atoms with Gasteiger partial charge in [-0.3, -0.25) is 9.69 Å². The van der Waals surface area contributed by atoms with Crippen molar-refractivity contribution in [2.75, 3.05) is 31.5 Å². The first-order valence-corrected chi connectivity index (χ1v) is 7.87. The molecule has 3 rings (SSSR count). The van der Waals surface area contributed by atoms with E-state index in [0.717, 1.165) is 31.0 Å². The minimum Gasteiger partial charge on any atom is -0.369 e. The first kappa shape index (κ1) is 15.5.